The van der Waals surface area contributed by atoms with Gasteiger partial charge in [-0.1, -0.05) is 6.07 Å². The molecule has 4 rings (SSSR count). The number of hydrogen-bond acceptors (Lipinski definition) is 2. The van der Waals surface area contributed by atoms with E-state index in [1.165, 1.54) is 6.42 Å². The van der Waals surface area contributed by atoms with Gasteiger partial charge in [0.25, 0.3) is 0 Å². The topological polar surface area (TPSA) is 60.9 Å². The average molecular weight is 286 g/mol. The lowest BCUT2D eigenvalue weighted by molar-refractivity contribution is 0.0697. The molecule has 21 heavy (non-hydrogen) atoms. The van der Waals surface area contributed by atoms with Crippen LogP contribution in [0.15, 0.2) is 18.2 Å². The van der Waals surface area contributed by atoms with Crippen LogP contribution < -0.4 is 4.90 Å². The number of carbonyl (C=O) groups excluding carboxylic acids is 1. The Morgan fingerprint density at radius 3 is 2.76 bits per heavy atom. The van der Waals surface area contributed by atoms with Crippen molar-refractivity contribution in [2.45, 2.75) is 31.7 Å². The zero-order valence-electron chi connectivity index (χ0n) is 11.8. The fraction of sp³-hybridized carbons (Fsp3) is 0.500. The fourth-order valence-electron chi connectivity index (χ4n) is 4.02. The summed E-state index contributed by atoms with van der Waals surface area (Å²) < 4.78 is 0. The first kappa shape index (κ1) is 12.7. The Morgan fingerprint density at radius 2 is 2.10 bits per heavy atom. The second kappa shape index (κ2) is 4.48. The molecule has 2 atom stereocenters. The van der Waals surface area contributed by atoms with Gasteiger partial charge < -0.3 is 10.0 Å². The Labute approximate surface area is 123 Å². The maximum atomic E-state index is 12.8. The van der Waals surface area contributed by atoms with Crippen molar-refractivity contribution in [3.63, 3.8) is 0 Å². The molecule has 3 aliphatic rings. The lowest BCUT2D eigenvalue weighted by Crippen LogP contribution is -2.46. The predicted octanol–water partition coefficient (Wildman–Crippen LogP) is 2.35. The highest BCUT2D eigenvalue weighted by molar-refractivity contribution is 5.97. The third-order valence-corrected chi connectivity index (χ3v) is 5.11. The number of benzene rings is 1. The van der Waals surface area contributed by atoms with Crippen molar-refractivity contribution < 1.29 is 14.7 Å². The van der Waals surface area contributed by atoms with Crippen LogP contribution in [0.5, 0.6) is 0 Å². The zero-order valence-corrected chi connectivity index (χ0v) is 11.8. The van der Waals surface area contributed by atoms with Crippen molar-refractivity contribution in [2.24, 2.45) is 5.92 Å². The molecule has 0 radical (unpaired) electrons. The summed E-state index contributed by atoms with van der Waals surface area (Å²) in [5.74, 6) is -0.274. The molecular weight excluding hydrogens is 268 g/mol. The molecule has 2 amide bonds. The van der Waals surface area contributed by atoms with E-state index in [1.54, 1.807) is 17.0 Å². The minimum absolute atomic E-state index is 0.0588. The van der Waals surface area contributed by atoms with Gasteiger partial charge in [-0.15, -0.1) is 0 Å². The van der Waals surface area contributed by atoms with Crippen LogP contribution in [0.3, 0.4) is 0 Å². The summed E-state index contributed by atoms with van der Waals surface area (Å²) in [5.41, 5.74) is 2.09. The number of urea groups is 1. The highest BCUT2D eigenvalue weighted by Crippen LogP contribution is 2.39. The quantitative estimate of drug-likeness (QED) is 0.862. The van der Waals surface area contributed by atoms with Gasteiger partial charge in [0.15, 0.2) is 0 Å². The van der Waals surface area contributed by atoms with Gasteiger partial charge in [0, 0.05) is 24.8 Å². The van der Waals surface area contributed by atoms with Gasteiger partial charge in [-0.3, -0.25) is 4.90 Å². The van der Waals surface area contributed by atoms with Crippen LogP contribution in [0.4, 0.5) is 10.5 Å². The number of carboxylic acid groups (broad SMARTS) is 1. The summed E-state index contributed by atoms with van der Waals surface area (Å²) in [6.07, 6.45) is 4.31. The van der Waals surface area contributed by atoms with Crippen molar-refractivity contribution in [3.8, 4) is 0 Å². The van der Waals surface area contributed by atoms with E-state index in [4.69, 9.17) is 5.11 Å². The molecule has 110 valence electrons. The number of anilines is 1. The number of hydrogen-bond donors (Lipinski definition) is 1. The minimum Gasteiger partial charge on any atom is -0.478 e. The summed E-state index contributed by atoms with van der Waals surface area (Å²) >= 11 is 0. The lowest BCUT2D eigenvalue weighted by atomic mass is 10.1. The number of rotatable bonds is 1. The van der Waals surface area contributed by atoms with Gasteiger partial charge in [0.05, 0.1) is 5.56 Å². The molecule has 1 saturated heterocycles. The highest BCUT2D eigenvalue weighted by Gasteiger charge is 2.42. The largest absolute Gasteiger partial charge is 0.478 e. The molecule has 2 heterocycles. The number of piperidine rings is 1. The maximum Gasteiger partial charge on any atom is 0.335 e. The van der Waals surface area contributed by atoms with Gasteiger partial charge >= 0.3 is 12.0 Å². The second-order valence-electron chi connectivity index (χ2n) is 6.32. The molecule has 2 bridgehead atoms. The Balaban J connectivity index is 1.62. The van der Waals surface area contributed by atoms with Crippen LogP contribution >= 0.6 is 0 Å². The molecule has 1 aromatic rings. The molecule has 2 fully saturated rings. The summed E-state index contributed by atoms with van der Waals surface area (Å²) in [7, 11) is 0. The fourth-order valence-corrected chi connectivity index (χ4v) is 4.02. The number of aromatic carboxylic acids is 1. The van der Waals surface area contributed by atoms with Crippen molar-refractivity contribution >= 4 is 17.7 Å². The first-order valence-electron chi connectivity index (χ1n) is 7.58. The summed E-state index contributed by atoms with van der Waals surface area (Å²) in [6.45, 7) is 1.53. The molecule has 5 nitrogen and oxygen atoms in total. The monoisotopic (exact) mass is 286 g/mol. The molecule has 1 saturated carbocycles. The van der Waals surface area contributed by atoms with Crippen LogP contribution in [0.25, 0.3) is 0 Å². The third kappa shape index (κ3) is 1.91. The van der Waals surface area contributed by atoms with E-state index in [9.17, 15) is 9.59 Å². The SMILES string of the molecule is O=C(O)c1ccc2c(c1)N(C(=O)N1CC3CCC1C3)CC2. The van der Waals surface area contributed by atoms with Crippen molar-refractivity contribution in [1.29, 1.82) is 0 Å². The smallest absolute Gasteiger partial charge is 0.335 e. The van der Waals surface area contributed by atoms with Crippen molar-refractivity contribution in [1.82, 2.24) is 4.90 Å². The molecule has 0 aromatic heterocycles. The van der Waals surface area contributed by atoms with Crippen molar-refractivity contribution in [3.05, 3.63) is 29.3 Å². The van der Waals surface area contributed by atoms with E-state index >= 15 is 0 Å². The number of nitrogens with zero attached hydrogens (tertiary/aromatic N) is 2. The van der Waals surface area contributed by atoms with Gasteiger partial charge in [0.2, 0.25) is 0 Å². The van der Waals surface area contributed by atoms with E-state index in [0.29, 0.717) is 18.5 Å². The number of carboxylic acids is 1. The van der Waals surface area contributed by atoms with Gasteiger partial charge in [-0.2, -0.15) is 0 Å². The van der Waals surface area contributed by atoms with Gasteiger partial charge in [-0.05, 0) is 49.3 Å². The van der Waals surface area contributed by atoms with E-state index < -0.39 is 5.97 Å². The molecule has 1 aliphatic carbocycles. The second-order valence-corrected chi connectivity index (χ2v) is 6.32. The van der Waals surface area contributed by atoms with Crippen molar-refractivity contribution in [2.75, 3.05) is 18.0 Å². The Morgan fingerprint density at radius 1 is 1.24 bits per heavy atom. The first-order chi connectivity index (χ1) is 10.1. The van der Waals surface area contributed by atoms with Gasteiger partial charge in [-0.25, -0.2) is 9.59 Å². The predicted molar refractivity (Wildman–Crippen MR) is 77.7 cm³/mol. The zero-order chi connectivity index (χ0) is 14.6. The molecule has 1 aromatic carbocycles. The van der Waals surface area contributed by atoms with Crippen LogP contribution in [0.1, 0.15) is 35.2 Å². The van der Waals surface area contributed by atoms with Gasteiger partial charge in [0.1, 0.15) is 0 Å². The van der Waals surface area contributed by atoms with Crippen LogP contribution in [-0.4, -0.2) is 41.1 Å². The summed E-state index contributed by atoms with van der Waals surface area (Å²) in [4.78, 5) is 27.7. The van der Waals surface area contributed by atoms with E-state index in [-0.39, 0.29) is 11.6 Å². The number of amides is 2. The van der Waals surface area contributed by atoms with Crippen LogP contribution in [0, 0.1) is 5.92 Å². The summed E-state index contributed by atoms with van der Waals surface area (Å²) in [6, 6.07) is 5.55. The molecule has 2 unspecified atom stereocenters. The third-order valence-electron chi connectivity index (χ3n) is 5.11. The molecule has 1 N–H and O–H groups in total. The van der Waals surface area contributed by atoms with Crippen LogP contribution in [0.2, 0.25) is 0 Å². The standard InChI is InChI=1S/C16H18N2O3/c19-15(20)12-3-2-11-5-6-17(14(11)8-12)16(21)18-9-10-1-4-13(18)7-10/h2-3,8,10,13H,1,4-7,9H2,(H,19,20). The van der Waals surface area contributed by atoms with E-state index in [1.807, 2.05) is 11.0 Å². The number of fused-ring (bicyclic) bond motifs is 3. The molecule has 5 heteroatoms. The summed E-state index contributed by atoms with van der Waals surface area (Å²) in [5, 5.41) is 9.12. The minimum atomic E-state index is -0.947. The van der Waals surface area contributed by atoms with E-state index in [0.717, 1.165) is 37.1 Å². The average Bonchev–Trinajstić information content (AvgIpc) is 3.20. The number of carbonyl (C=O) groups is 2. The molecule has 0 spiro atoms. The first-order valence-corrected chi connectivity index (χ1v) is 7.58. The highest BCUT2D eigenvalue weighted by atomic mass is 16.4. The Hall–Kier alpha value is -2.04. The number of likely N-dealkylation sites (tertiary alicyclic amines) is 1. The molecule has 2 aliphatic heterocycles. The molecular formula is C16H18N2O3. The Bertz CT molecular complexity index is 628. The van der Waals surface area contributed by atoms with Crippen LogP contribution in [-0.2, 0) is 6.42 Å². The lowest BCUT2D eigenvalue weighted by Gasteiger charge is -2.31. The normalized spacial score (nSPS) is 26.3. The maximum absolute atomic E-state index is 12.8. The van der Waals surface area contributed by atoms with E-state index in [2.05, 4.69) is 0 Å². The Kier molecular flexibility index (Phi) is 2.71.